The smallest absolute Gasteiger partial charge is 0.338 e. The van der Waals surface area contributed by atoms with Crippen LogP contribution < -0.4 is 24.4 Å². The Morgan fingerprint density at radius 3 is 2.84 bits per heavy atom. The molecule has 3 aromatic rings. The van der Waals surface area contributed by atoms with Gasteiger partial charge in [-0.15, -0.1) is 0 Å². The van der Waals surface area contributed by atoms with E-state index < -0.39 is 22.5 Å². The molecule has 0 spiro atoms. The van der Waals surface area contributed by atoms with E-state index in [-0.39, 0.29) is 45.0 Å². The van der Waals surface area contributed by atoms with Gasteiger partial charge in [-0.2, -0.15) is 0 Å². The highest BCUT2D eigenvalue weighted by molar-refractivity contribution is 9.10. The number of non-ortho nitro benzene ring substituents is 1. The fourth-order valence-corrected chi connectivity index (χ4v) is 5.65. The maximum atomic E-state index is 13.7. The molecule has 0 amide bonds. The molecule has 0 fully saturated rings. The number of ether oxygens (including phenoxy) is 3. The van der Waals surface area contributed by atoms with Gasteiger partial charge in [-0.3, -0.25) is 19.5 Å². The Labute approximate surface area is 220 Å². The Morgan fingerprint density at radius 1 is 1.35 bits per heavy atom. The van der Waals surface area contributed by atoms with Crippen molar-refractivity contribution in [2.45, 2.75) is 19.9 Å². The molecule has 5 rings (SSSR count). The second-order valence-corrected chi connectivity index (χ2v) is 9.90. The number of halogens is 1. The summed E-state index contributed by atoms with van der Waals surface area (Å²) >= 11 is 4.14. The third kappa shape index (κ3) is 4.29. The highest BCUT2D eigenvalue weighted by atomic mass is 79.9. The number of fused-ring (bicyclic) bond motifs is 2. The summed E-state index contributed by atoms with van der Waals surface area (Å²) in [5.41, 5.74) is 0.475. The van der Waals surface area contributed by atoms with Gasteiger partial charge in [-0.1, -0.05) is 17.4 Å². The lowest BCUT2D eigenvalue weighted by Gasteiger charge is -2.24. The van der Waals surface area contributed by atoms with Crippen LogP contribution in [0.5, 0.6) is 17.2 Å². The molecule has 3 heterocycles. The standard InChI is InChI=1S/C24H18BrN3O8S/c1-3-34-23(31)19-11(2)26-24-27(20(19)12-4-5-16-17(7-12)36-10-35-16)22(30)18(37-24)8-13-6-14(28(32)33)9-15(25)21(13)29/h4-9,20,29H,3,10H2,1-2H3/b18-8-/t20-/m1/s1. The molecule has 0 bridgehead atoms. The highest BCUT2D eigenvalue weighted by Gasteiger charge is 2.34. The molecule has 190 valence electrons. The Morgan fingerprint density at radius 2 is 2.11 bits per heavy atom. The van der Waals surface area contributed by atoms with E-state index in [2.05, 4.69) is 20.9 Å². The number of phenolic OH excluding ortho intramolecular Hbond substituents is 1. The van der Waals surface area contributed by atoms with Crippen LogP contribution >= 0.6 is 27.3 Å². The van der Waals surface area contributed by atoms with E-state index in [1.165, 1.54) is 22.8 Å². The number of phenols is 1. The molecule has 2 aliphatic rings. The van der Waals surface area contributed by atoms with E-state index in [0.717, 1.165) is 11.3 Å². The molecule has 0 saturated heterocycles. The van der Waals surface area contributed by atoms with Crippen LogP contribution in [0, 0.1) is 10.1 Å². The van der Waals surface area contributed by atoms with Crippen LogP contribution in [0.2, 0.25) is 0 Å². The molecule has 0 radical (unpaired) electrons. The van der Waals surface area contributed by atoms with Gasteiger partial charge in [0.05, 0.1) is 37.8 Å². The number of carbonyl (C=O) groups is 1. The van der Waals surface area contributed by atoms with E-state index in [0.29, 0.717) is 27.6 Å². The molecule has 0 saturated carbocycles. The van der Waals surface area contributed by atoms with Crippen molar-refractivity contribution < 1.29 is 29.0 Å². The Hall–Kier alpha value is -3.97. The van der Waals surface area contributed by atoms with E-state index in [4.69, 9.17) is 14.2 Å². The molecule has 0 aliphatic carbocycles. The lowest BCUT2D eigenvalue weighted by molar-refractivity contribution is -0.385. The largest absolute Gasteiger partial charge is 0.506 e. The third-order valence-corrected chi connectivity index (χ3v) is 7.39. The minimum absolute atomic E-state index is 0.0589. The molecular formula is C24H18BrN3O8S. The minimum atomic E-state index is -0.877. The first-order chi connectivity index (χ1) is 17.7. The van der Waals surface area contributed by atoms with Gasteiger partial charge in [-0.25, -0.2) is 9.79 Å². The number of allylic oxidation sites excluding steroid dienone is 1. The topological polar surface area (TPSA) is 142 Å². The van der Waals surface area contributed by atoms with Gasteiger partial charge in [0, 0.05) is 17.7 Å². The van der Waals surface area contributed by atoms with Crippen LogP contribution in [-0.4, -0.2) is 34.0 Å². The van der Waals surface area contributed by atoms with E-state index in [1.807, 2.05) is 0 Å². The van der Waals surface area contributed by atoms with Crippen molar-refractivity contribution in [1.29, 1.82) is 0 Å². The second kappa shape index (κ2) is 9.48. The summed E-state index contributed by atoms with van der Waals surface area (Å²) in [6.07, 6.45) is 1.36. The van der Waals surface area contributed by atoms with Crippen molar-refractivity contribution in [1.82, 2.24) is 4.57 Å². The Kier molecular flexibility index (Phi) is 6.33. The van der Waals surface area contributed by atoms with Crippen molar-refractivity contribution >= 4 is 45.0 Å². The van der Waals surface area contributed by atoms with Crippen molar-refractivity contribution in [3.05, 3.63) is 87.0 Å². The van der Waals surface area contributed by atoms with Crippen molar-refractivity contribution in [2.24, 2.45) is 4.99 Å². The second-order valence-electron chi connectivity index (χ2n) is 8.04. The number of aromatic nitrogens is 1. The number of nitro benzene ring substituents is 1. The molecule has 1 atom stereocenters. The maximum Gasteiger partial charge on any atom is 0.338 e. The predicted molar refractivity (Wildman–Crippen MR) is 135 cm³/mol. The normalized spacial score (nSPS) is 16.4. The predicted octanol–water partition coefficient (Wildman–Crippen LogP) is 2.90. The first-order valence-electron chi connectivity index (χ1n) is 11.0. The molecule has 2 aliphatic heterocycles. The molecule has 2 aromatic carbocycles. The SMILES string of the molecule is CCOC(=O)C1=C(C)N=c2s/c(=C\c3cc([N+](=O)[O-])cc(Br)c3O)c(=O)n2[C@@H]1c1ccc2c(c1)OCO2. The number of rotatable bonds is 5. The van der Waals surface area contributed by atoms with Gasteiger partial charge in [-0.05, 0) is 53.5 Å². The number of nitrogens with zero attached hydrogens (tertiary/aromatic N) is 3. The average molecular weight is 588 g/mol. The van der Waals surface area contributed by atoms with E-state index in [9.17, 15) is 24.8 Å². The van der Waals surface area contributed by atoms with Crippen LogP contribution in [-0.2, 0) is 9.53 Å². The quantitative estimate of drug-likeness (QED) is 0.273. The summed E-state index contributed by atoms with van der Waals surface area (Å²) in [6.45, 7) is 3.54. The number of nitro groups is 1. The zero-order valence-corrected chi connectivity index (χ0v) is 21.8. The third-order valence-electron chi connectivity index (χ3n) is 5.80. The molecular weight excluding hydrogens is 570 g/mol. The molecule has 1 N–H and O–H groups in total. The van der Waals surface area contributed by atoms with Gasteiger partial charge in [0.25, 0.3) is 11.2 Å². The number of thiazole rings is 1. The van der Waals surface area contributed by atoms with Crippen molar-refractivity contribution in [2.75, 3.05) is 13.4 Å². The summed E-state index contributed by atoms with van der Waals surface area (Å²) in [4.78, 5) is 42.2. The van der Waals surface area contributed by atoms with Crippen LogP contribution in [0.3, 0.4) is 0 Å². The zero-order valence-electron chi connectivity index (χ0n) is 19.4. The van der Waals surface area contributed by atoms with Crippen LogP contribution in [0.1, 0.15) is 31.0 Å². The summed E-state index contributed by atoms with van der Waals surface area (Å²) in [5, 5.41) is 21.8. The van der Waals surface area contributed by atoms with Gasteiger partial charge in [0.1, 0.15) is 5.75 Å². The monoisotopic (exact) mass is 587 g/mol. The van der Waals surface area contributed by atoms with E-state index in [1.54, 1.807) is 32.0 Å². The summed E-state index contributed by atoms with van der Waals surface area (Å²) in [6, 6.07) is 6.59. The first kappa shape index (κ1) is 24.7. The van der Waals surface area contributed by atoms with Crippen LogP contribution in [0.15, 0.2) is 55.9 Å². The Balaban J connectivity index is 1.74. The number of esters is 1. The van der Waals surface area contributed by atoms with Gasteiger partial charge in [0.2, 0.25) is 6.79 Å². The molecule has 37 heavy (non-hydrogen) atoms. The maximum absolute atomic E-state index is 13.7. The lowest BCUT2D eigenvalue weighted by Crippen LogP contribution is -2.39. The van der Waals surface area contributed by atoms with Gasteiger partial charge in [0.15, 0.2) is 16.3 Å². The fraction of sp³-hybridized carbons (Fsp3) is 0.208. The number of hydrogen-bond acceptors (Lipinski definition) is 10. The summed E-state index contributed by atoms with van der Waals surface area (Å²) in [7, 11) is 0. The molecule has 11 nitrogen and oxygen atoms in total. The number of benzene rings is 2. The van der Waals surface area contributed by atoms with E-state index >= 15 is 0 Å². The minimum Gasteiger partial charge on any atom is -0.506 e. The van der Waals surface area contributed by atoms with Crippen LogP contribution in [0.25, 0.3) is 6.08 Å². The van der Waals surface area contributed by atoms with Crippen molar-refractivity contribution in [3.8, 4) is 17.2 Å². The number of carbonyl (C=O) groups excluding carboxylic acids is 1. The number of aromatic hydroxyl groups is 1. The zero-order chi connectivity index (χ0) is 26.4. The van der Waals surface area contributed by atoms with Crippen molar-refractivity contribution in [3.63, 3.8) is 0 Å². The first-order valence-corrected chi connectivity index (χ1v) is 12.6. The average Bonchev–Trinajstić information content (AvgIpc) is 3.44. The lowest BCUT2D eigenvalue weighted by atomic mass is 9.95. The molecule has 13 heteroatoms. The van der Waals surface area contributed by atoms with Crippen LogP contribution in [0.4, 0.5) is 5.69 Å². The van der Waals surface area contributed by atoms with Gasteiger partial charge >= 0.3 is 5.97 Å². The van der Waals surface area contributed by atoms with Gasteiger partial charge < -0.3 is 19.3 Å². The summed E-state index contributed by atoms with van der Waals surface area (Å²) < 4.78 is 17.8. The molecule has 1 aromatic heterocycles. The summed E-state index contributed by atoms with van der Waals surface area (Å²) in [5.74, 6) is 0.151. The number of hydrogen-bond donors (Lipinski definition) is 1. The highest BCUT2D eigenvalue weighted by Crippen LogP contribution is 2.38. The Bertz CT molecular complexity index is 1690. The fourth-order valence-electron chi connectivity index (χ4n) is 4.15. The molecule has 0 unspecified atom stereocenters.